The zero-order chi connectivity index (χ0) is 13.8. The van der Waals surface area contributed by atoms with Gasteiger partial charge >= 0.3 is 0 Å². The molecule has 1 atom stereocenters. The molecule has 0 bridgehead atoms. The molecule has 3 heteroatoms. The van der Waals surface area contributed by atoms with Gasteiger partial charge in [0, 0.05) is 8.95 Å². The predicted octanol–water partition coefficient (Wildman–Crippen LogP) is 5.08. The first-order chi connectivity index (χ1) is 9.15. The summed E-state index contributed by atoms with van der Waals surface area (Å²) in [4.78, 5) is 0. The number of benzene rings is 2. The van der Waals surface area contributed by atoms with E-state index < -0.39 is 0 Å². The van der Waals surface area contributed by atoms with E-state index in [1.165, 1.54) is 16.7 Å². The molecule has 1 nitrogen and oxygen atoms in total. The second-order valence-corrected chi connectivity index (χ2v) is 6.25. The van der Waals surface area contributed by atoms with E-state index in [-0.39, 0.29) is 6.04 Å². The van der Waals surface area contributed by atoms with E-state index in [9.17, 15) is 0 Å². The predicted molar refractivity (Wildman–Crippen MR) is 88.6 cm³/mol. The molecule has 0 heterocycles. The smallest absolute Gasteiger partial charge is 0.0585 e. The maximum absolute atomic E-state index is 3.64. The Hall–Kier alpha value is -0.640. The molecule has 0 aliphatic heterocycles. The molecule has 0 amide bonds. The first-order valence-electron chi connectivity index (χ1n) is 6.36. The van der Waals surface area contributed by atoms with Gasteiger partial charge in [-0.05, 0) is 48.4 Å². The summed E-state index contributed by atoms with van der Waals surface area (Å²) in [5, 5.41) is 3.39. The monoisotopic (exact) mass is 381 g/mol. The van der Waals surface area contributed by atoms with Gasteiger partial charge < -0.3 is 5.32 Å². The Morgan fingerprint density at radius 1 is 1.05 bits per heavy atom. The van der Waals surface area contributed by atoms with Gasteiger partial charge in [-0.1, -0.05) is 63.0 Å². The third kappa shape index (κ3) is 3.47. The highest BCUT2D eigenvalue weighted by molar-refractivity contribution is 9.11. The fraction of sp³-hybridized carbons (Fsp3) is 0.250. The maximum atomic E-state index is 3.64. The van der Waals surface area contributed by atoms with Crippen molar-refractivity contribution in [2.45, 2.75) is 19.4 Å². The van der Waals surface area contributed by atoms with Gasteiger partial charge in [-0.25, -0.2) is 0 Å². The first-order valence-corrected chi connectivity index (χ1v) is 7.95. The van der Waals surface area contributed by atoms with E-state index in [0.29, 0.717) is 0 Å². The molecule has 0 aliphatic rings. The summed E-state index contributed by atoms with van der Waals surface area (Å²) in [5.74, 6) is 0. The van der Waals surface area contributed by atoms with Crippen LogP contribution >= 0.6 is 31.9 Å². The number of hydrogen-bond acceptors (Lipinski definition) is 1. The Morgan fingerprint density at radius 2 is 1.74 bits per heavy atom. The Balaban J connectivity index is 2.40. The average molecular weight is 383 g/mol. The summed E-state index contributed by atoms with van der Waals surface area (Å²) in [7, 11) is 1.99. The minimum Gasteiger partial charge on any atom is -0.309 e. The first kappa shape index (κ1) is 14.8. The molecular formula is C16H17Br2N. The summed E-state index contributed by atoms with van der Waals surface area (Å²) >= 11 is 7.18. The number of rotatable bonds is 4. The molecule has 1 N–H and O–H groups in total. The Kier molecular flexibility index (Phi) is 5.20. The molecule has 2 aromatic carbocycles. The number of nitrogens with one attached hydrogen (secondary N) is 1. The SMILES string of the molecule is CCc1ccc(C(NC)c2cc(Br)ccc2Br)cc1. The van der Waals surface area contributed by atoms with Crippen LogP contribution in [0, 0.1) is 0 Å². The van der Waals surface area contributed by atoms with Gasteiger partial charge in [0.1, 0.15) is 0 Å². The Bertz CT molecular complexity index is 549. The normalized spacial score (nSPS) is 12.4. The lowest BCUT2D eigenvalue weighted by Crippen LogP contribution is -2.18. The Morgan fingerprint density at radius 3 is 2.32 bits per heavy atom. The van der Waals surface area contributed by atoms with Crippen LogP contribution in [0.1, 0.15) is 29.7 Å². The molecule has 2 rings (SSSR count). The molecule has 0 aromatic heterocycles. The molecule has 0 fully saturated rings. The molecule has 100 valence electrons. The van der Waals surface area contributed by atoms with Gasteiger partial charge in [-0.15, -0.1) is 0 Å². The number of hydrogen-bond donors (Lipinski definition) is 1. The molecule has 1 unspecified atom stereocenters. The lowest BCUT2D eigenvalue weighted by molar-refractivity contribution is 0.688. The second kappa shape index (κ2) is 6.69. The van der Waals surface area contributed by atoms with Gasteiger partial charge in [0.05, 0.1) is 6.04 Å². The fourth-order valence-corrected chi connectivity index (χ4v) is 3.04. The lowest BCUT2D eigenvalue weighted by Gasteiger charge is -2.19. The van der Waals surface area contributed by atoms with Crippen molar-refractivity contribution in [1.29, 1.82) is 0 Å². The van der Waals surface area contributed by atoms with Crippen LogP contribution in [0.3, 0.4) is 0 Å². The number of halogens is 2. The minimum absolute atomic E-state index is 0.192. The van der Waals surface area contributed by atoms with Gasteiger partial charge in [0.25, 0.3) is 0 Å². The highest BCUT2D eigenvalue weighted by Crippen LogP contribution is 2.31. The van der Waals surface area contributed by atoms with Crippen molar-refractivity contribution in [3.63, 3.8) is 0 Å². The van der Waals surface area contributed by atoms with Crippen LogP contribution in [-0.2, 0) is 6.42 Å². The van der Waals surface area contributed by atoms with E-state index in [1.54, 1.807) is 0 Å². The summed E-state index contributed by atoms with van der Waals surface area (Å²) in [6.45, 7) is 2.18. The average Bonchev–Trinajstić information content (AvgIpc) is 2.44. The van der Waals surface area contributed by atoms with Gasteiger partial charge in [0.15, 0.2) is 0 Å². The van der Waals surface area contributed by atoms with Crippen molar-refractivity contribution in [3.8, 4) is 0 Å². The molecule has 0 saturated carbocycles. The minimum atomic E-state index is 0.192. The van der Waals surface area contributed by atoms with Crippen molar-refractivity contribution < 1.29 is 0 Å². The largest absolute Gasteiger partial charge is 0.309 e. The molecule has 0 spiro atoms. The number of aryl methyl sites for hydroxylation is 1. The van der Waals surface area contributed by atoms with Gasteiger partial charge in [-0.3, -0.25) is 0 Å². The second-order valence-electron chi connectivity index (χ2n) is 4.48. The standard InChI is InChI=1S/C16H17Br2N/c1-3-11-4-6-12(7-5-11)16(19-2)14-10-13(17)8-9-15(14)18/h4-10,16,19H,3H2,1-2H3. The van der Waals surface area contributed by atoms with E-state index in [4.69, 9.17) is 0 Å². The van der Waals surface area contributed by atoms with Crippen molar-refractivity contribution in [2.24, 2.45) is 0 Å². The van der Waals surface area contributed by atoms with Crippen LogP contribution in [-0.4, -0.2) is 7.05 Å². The fourth-order valence-electron chi connectivity index (χ4n) is 2.18. The van der Waals surface area contributed by atoms with Gasteiger partial charge in [-0.2, -0.15) is 0 Å². The van der Waals surface area contributed by atoms with Crippen molar-refractivity contribution in [1.82, 2.24) is 5.32 Å². The third-order valence-electron chi connectivity index (χ3n) is 3.28. The molecule has 0 radical (unpaired) electrons. The topological polar surface area (TPSA) is 12.0 Å². The van der Waals surface area contributed by atoms with E-state index in [0.717, 1.165) is 15.4 Å². The molecular weight excluding hydrogens is 366 g/mol. The van der Waals surface area contributed by atoms with Crippen LogP contribution in [0.25, 0.3) is 0 Å². The highest BCUT2D eigenvalue weighted by Gasteiger charge is 2.15. The van der Waals surface area contributed by atoms with Crippen molar-refractivity contribution >= 4 is 31.9 Å². The summed E-state index contributed by atoms with van der Waals surface area (Å²) in [5.41, 5.74) is 3.88. The zero-order valence-corrected chi connectivity index (χ0v) is 14.3. The Labute approximate surface area is 131 Å². The van der Waals surface area contributed by atoms with Crippen LogP contribution in [0.4, 0.5) is 0 Å². The quantitative estimate of drug-likeness (QED) is 0.777. The van der Waals surface area contributed by atoms with E-state index in [2.05, 4.69) is 80.5 Å². The maximum Gasteiger partial charge on any atom is 0.0585 e. The van der Waals surface area contributed by atoms with Gasteiger partial charge in [0.2, 0.25) is 0 Å². The van der Waals surface area contributed by atoms with E-state index >= 15 is 0 Å². The summed E-state index contributed by atoms with van der Waals surface area (Å²) < 4.78 is 2.21. The van der Waals surface area contributed by atoms with E-state index in [1.807, 2.05) is 13.1 Å². The third-order valence-corrected chi connectivity index (χ3v) is 4.49. The van der Waals surface area contributed by atoms with Crippen LogP contribution in [0.2, 0.25) is 0 Å². The molecule has 0 aliphatic carbocycles. The summed E-state index contributed by atoms with van der Waals surface area (Å²) in [6, 6.07) is 15.3. The van der Waals surface area contributed by atoms with Crippen molar-refractivity contribution in [3.05, 3.63) is 68.1 Å². The summed E-state index contributed by atoms with van der Waals surface area (Å²) in [6.07, 6.45) is 1.07. The zero-order valence-electron chi connectivity index (χ0n) is 11.1. The van der Waals surface area contributed by atoms with Crippen LogP contribution < -0.4 is 5.32 Å². The molecule has 0 saturated heterocycles. The molecule has 19 heavy (non-hydrogen) atoms. The van der Waals surface area contributed by atoms with Crippen molar-refractivity contribution in [2.75, 3.05) is 7.05 Å². The highest BCUT2D eigenvalue weighted by atomic mass is 79.9. The molecule has 2 aromatic rings. The van der Waals surface area contributed by atoms with Crippen LogP contribution in [0.5, 0.6) is 0 Å². The van der Waals surface area contributed by atoms with Crippen LogP contribution in [0.15, 0.2) is 51.4 Å². The lowest BCUT2D eigenvalue weighted by atomic mass is 9.97.